The second-order valence-corrected chi connectivity index (χ2v) is 20.5. The molecule has 1 saturated heterocycles. The van der Waals surface area contributed by atoms with Crippen LogP contribution in [0.3, 0.4) is 0 Å². The normalized spacial score (nSPS) is 37.4. The van der Waals surface area contributed by atoms with Gasteiger partial charge in [-0.15, -0.1) is 0 Å². The summed E-state index contributed by atoms with van der Waals surface area (Å²) in [6.45, 7) is 14.5. The van der Waals surface area contributed by atoms with Crippen molar-refractivity contribution in [2.75, 3.05) is 6.61 Å². The van der Waals surface area contributed by atoms with Crippen LogP contribution in [0.2, 0.25) is 0 Å². The van der Waals surface area contributed by atoms with Crippen molar-refractivity contribution >= 4 is 5.97 Å². The fourth-order valence-corrected chi connectivity index (χ4v) is 12.7. The Morgan fingerprint density at radius 2 is 1.45 bits per heavy atom. The summed E-state index contributed by atoms with van der Waals surface area (Å²) >= 11 is 0. The van der Waals surface area contributed by atoms with Crippen molar-refractivity contribution in [2.24, 2.45) is 46.3 Å². The van der Waals surface area contributed by atoms with E-state index in [2.05, 4.69) is 47.6 Å². The first-order valence-corrected chi connectivity index (χ1v) is 24.1. The lowest BCUT2D eigenvalue weighted by Crippen LogP contribution is -2.60. The SMILES string of the molecule is CCCCCCCCCCCCCCCC(=O)OC[C@H]1O[C@@H](OC2CC[C@@]3(C)C(=CCC4C3CC[C@@]3(C)C4CC[C@@H]3[C@H](C)CCCC(C)C)C2)[C@H](O)[C@@H](O)[C@@H]1O. The summed E-state index contributed by atoms with van der Waals surface area (Å²) in [6.07, 6.45) is 26.2. The standard InChI is InChI=1S/C49H86O7/c1-7-8-9-10-11-12-13-14-15-16-17-18-19-23-43(50)54-33-42-44(51)45(52)46(53)47(56-42)55-37-28-30-48(5)36(32-37)24-25-38-40-27-26-39(35(4)22-20-21-34(2)3)49(40,6)31-29-41(38)48/h24,34-35,37-42,44-47,51-53H,7-23,25-33H2,1-6H3/t35-,37?,38?,39-,40?,41?,42-,44-,45+,46-,47-,48+,49-/m1/s1. The minimum atomic E-state index is -1.44. The van der Waals surface area contributed by atoms with E-state index in [-0.39, 0.29) is 24.1 Å². The van der Waals surface area contributed by atoms with Gasteiger partial charge in [0.25, 0.3) is 0 Å². The molecule has 0 amide bonds. The predicted molar refractivity (Wildman–Crippen MR) is 226 cm³/mol. The molecule has 324 valence electrons. The van der Waals surface area contributed by atoms with Crippen LogP contribution in [-0.4, -0.2) is 64.7 Å². The van der Waals surface area contributed by atoms with Crippen molar-refractivity contribution in [1.82, 2.24) is 0 Å². The average Bonchev–Trinajstić information content (AvgIpc) is 3.53. The van der Waals surface area contributed by atoms with E-state index in [9.17, 15) is 20.1 Å². The number of fused-ring (bicyclic) bond motifs is 5. The van der Waals surface area contributed by atoms with E-state index < -0.39 is 30.7 Å². The highest BCUT2D eigenvalue weighted by atomic mass is 16.7. The molecular weight excluding hydrogens is 701 g/mol. The number of aliphatic hydroxyl groups excluding tert-OH is 3. The first kappa shape index (κ1) is 46.1. The van der Waals surface area contributed by atoms with Gasteiger partial charge in [0.05, 0.1) is 6.10 Å². The zero-order chi connectivity index (χ0) is 40.3. The Morgan fingerprint density at radius 3 is 2.11 bits per heavy atom. The first-order valence-electron chi connectivity index (χ1n) is 24.1. The van der Waals surface area contributed by atoms with Gasteiger partial charge in [-0.3, -0.25) is 4.79 Å². The molecule has 4 unspecified atom stereocenters. The number of allylic oxidation sites excluding steroid dienone is 1. The van der Waals surface area contributed by atoms with Crippen molar-refractivity contribution in [3.8, 4) is 0 Å². The minimum Gasteiger partial charge on any atom is -0.463 e. The third kappa shape index (κ3) is 11.6. The van der Waals surface area contributed by atoms with Gasteiger partial charge in [0.1, 0.15) is 31.0 Å². The monoisotopic (exact) mass is 787 g/mol. The first-order chi connectivity index (χ1) is 26.9. The van der Waals surface area contributed by atoms with Gasteiger partial charge < -0.3 is 29.5 Å². The van der Waals surface area contributed by atoms with Gasteiger partial charge >= 0.3 is 5.97 Å². The topological polar surface area (TPSA) is 105 Å². The summed E-state index contributed by atoms with van der Waals surface area (Å²) in [5.41, 5.74) is 2.15. The summed E-state index contributed by atoms with van der Waals surface area (Å²) in [4.78, 5) is 12.6. The number of rotatable bonds is 23. The van der Waals surface area contributed by atoms with Crippen LogP contribution in [0.5, 0.6) is 0 Å². The van der Waals surface area contributed by atoms with Gasteiger partial charge in [-0.1, -0.05) is 150 Å². The van der Waals surface area contributed by atoms with E-state index >= 15 is 0 Å². The summed E-state index contributed by atoms with van der Waals surface area (Å²) in [5.74, 6) is 4.45. The number of hydrogen-bond donors (Lipinski definition) is 3. The number of esters is 1. The van der Waals surface area contributed by atoms with Crippen LogP contribution in [0.4, 0.5) is 0 Å². The van der Waals surface area contributed by atoms with Gasteiger partial charge in [0, 0.05) is 6.42 Å². The van der Waals surface area contributed by atoms with Crippen molar-refractivity contribution in [3.63, 3.8) is 0 Å². The molecular formula is C49H86O7. The number of aliphatic hydroxyl groups is 3. The van der Waals surface area contributed by atoms with Gasteiger partial charge in [-0.2, -0.15) is 0 Å². The van der Waals surface area contributed by atoms with Gasteiger partial charge in [0.2, 0.25) is 0 Å². The van der Waals surface area contributed by atoms with Crippen LogP contribution in [0.1, 0.15) is 202 Å². The van der Waals surface area contributed by atoms with E-state index in [1.165, 1.54) is 115 Å². The molecule has 0 aromatic heterocycles. The molecule has 5 aliphatic rings. The maximum Gasteiger partial charge on any atom is 0.305 e. The summed E-state index contributed by atoms with van der Waals surface area (Å²) in [7, 11) is 0. The highest BCUT2D eigenvalue weighted by Crippen LogP contribution is 2.67. The Hall–Kier alpha value is -0.990. The Morgan fingerprint density at radius 1 is 0.786 bits per heavy atom. The maximum atomic E-state index is 12.6. The number of ether oxygens (including phenoxy) is 3. The van der Waals surface area contributed by atoms with E-state index in [1.54, 1.807) is 0 Å². The van der Waals surface area contributed by atoms with Gasteiger partial charge in [0.15, 0.2) is 6.29 Å². The number of carbonyl (C=O) groups excluding carboxylic acids is 1. The molecule has 0 spiro atoms. The zero-order valence-electron chi connectivity index (χ0n) is 36.9. The Balaban J connectivity index is 1.03. The van der Waals surface area contributed by atoms with Crippen molar-refractivity contribution in [2.45, 2.75) is 239 Å². The van der Waals surface area contributed by atoms with Crippen LogP contribution in [0.15, 0.2) is 11.6 Å². The molecule has 3 saturated carbocycles. The molecule has 7 heteroatoms. The molecule has 5 rings (SSSR count). The van der Waals surface area contributed by atoms with E-state index in [1.807, 2.05) is 0 Å². The largest absolute Gasteiger partial charge is 0.463 e. The highest BCUT2D eigenvalue weighted by Gasteiger charge is 2.59. The third-order valence-electron chi connectivity index (χ3n) is 16.1. The molecule has 7 nitrogen and oxygen atoms in total. The molecule has 0 aromatic carbocycles. The molecule has 3 N–H and O–H groups in total. The van der Waals surface area contributed by atoms with E-state index in [0.717, 1.165) is 74.5 Å². The quantitative estimate of drug-likeness (QED) is 0.0538. The van der Waals surface area contributed by atoms with E-state index in [0.29, 0.717) is 17.8 Å². The second-order valence-electron chi connectivity index (χ2n) is 20.5. The average molecular weight is 787 g/mol. The molecule has 1 heterocycles. The van der Waals surface area contributed by atoms with Crippen LogP contribution in [0.25, 0.3) is 0 Å². The summed E-state index contributed by atoms with van der Waals surface area (Å²) in [6, 6.07) is 0. The smallest absolute Gasteiger partial charge is 0.305 e. The highest BCUT2D eigenvalue weighted by molar-refractivity contribution is 5.69. The van der Waals surface area contributed by atoms with Gasteiger partial charge in [-0.25, -0.2) is 0 Å². The van der Waals surface area contributed by atoms with Crippen LogP contribution >= 0.6 is 0 Å². The van der Waals surface area contributed by atoms with Crippen LogP contribution in [0, 0.1) is 46.3 Å². The molecule has 0 aromatic rings. The van der Waals surface area contributed by atoms with Crippen LogP contribution in [-0.2, 0) is 19.0 Å². The number of carbonyl (C=O) groups is 1. The lowest BCUT2D eigenvalue weighted by molar-refractivity contribution is -0.313. The van der Waals surface area contributed by atoms with Crippen molar-refractivity contribution in [3.05, 3.63) is 11.6 Å². The second kappa shape index (κ2) is 22.0. The molecule has 4 fully saturated rings. The molecule has 0 bridgehead atoms. The van der Waals surface area contributed by atoms with Crippen molar-refractivity contribution < 1.29 is 34.3 Å². The number of unbranched alkanes of at least 4 members (excludes halogenated alkanes) is 12. The summed E-state index contributed by atoms with van der Waals surface area (Å²) in [5, 5.41) is 32.4. The molecule has 56 heavy (non-hydrogen) atoms. The molecule has 0 radical (unpaired) electrons. The van der Waals surface area contributed by atoms with E-state index in [4.69, 9.17) is 14.2 Å². The lowest BCUT2D eigenvalue weighted by Gasteiger charge is -2.58. The molecule has 1 aliphatic heterocycles. The van der Waals surface area contributed by atoms with Gasteiger partial charge in [-0.05, 0) is 104 Å². The molecule has 4 aliphatic carbocycles. The van der Waals surface area contributed by atoms with Crippen molar-refractivity contribution in [1.29, 1.82) is 0 Å². The molecule has 13 atom stereocenters. The Bertz CT molecular complexity index is 1200. The summed E-state index contributed by atoms with van der Waals surface area (Å²) < 4.78 is 18.0. The zero-order valence-corrected chi connectivity index (χ0v) is 36.9. The number of hydrogen-bond acceptors (Lipinski definition) is 7. The fraction of sp³-hybridized carbons (Fsp3) is 0.939. The Kier molecular flexibility index (Phi) is 18.1. The third-order valence-corrected chi connectivity index (χ3v) is 16.1. The lowest BCUT2D eigenvalue weighted by atomic mass is 9.47. The predicted octanol–water partition coefficient (Wildman–Crippen LogP) is 11.2. The fourth-order valence-electron chi connectivity index (χ4n) is 12.7. The Labute approximate surface area is 342 Å². The minimum absolute atomic E-state index is 0.136. The van der Waals surface area contributed by atoms with Crippen LogP contribution < -0.4 is 0 Å². The maximum absolute atomic E-state index is 12.6.